The minimum atomic E-state index is 0.126. The molecule has 0 N–H and O–H groups in total. The first-order valence-electron chi connectivity index (χ1n) is 17.2. The Morgan fingerprint density at radius 2 is 0.958 bits per heavy atom. The van der Waals surface area contributed by atoms with Gasteiger partial charge in [-0.1, -0.05) is 109 Å². The van der Waals surface area contributed by atoms with Crippen LogP contribution >= 0.6 is 0 Å². The Morgan fingerprint density at radius 3 is 1.52 bits per heavy atom. The van der Waals surface area contributed by atoms with Crippen LogP contribution in [0.4, 0.5) is 45.5 Å². The quantitative estimate of drug-likeness (QED) is 0.191. The number of allylic oxidation sites excluding steroid dienone is 3. The van der Waals surface area contributed by atoms with E-state index < -0.39 is 0 Å². The lowest BCUT2D eigenvalue weighted by Gasteiger charge is -2.52. The van der Waals surface area contributed by atoms with Gasteiger partial charge >= 0.3 is 0 Å². The molecule has 4 heterocycles. The van der Waals surface area contributed by atoms with Crippen molar-refractivity contribution in [1.29, 1.82) is 0 Å². The molecule has 1 atom stereocenters. The number of fused-ring (bicyclic) bond motifs is 9. The lowest BCUT2D eigenvalue weighted by molar-refractivity contribution is 0.716. The van der Waals surface area contributed by atoms with Crippen molar-refractivity contribution < 1.29 is 0 Å². The fourth-order valence-corrected chi connectivity index (χ4v) is 9.36. The summed E-state index contributed by atoms with van der Waals surface area (Å²) < 4.78 is 0. The first-order chi connectivity index (χ1) is 23.8. The van der Waals surface area contributed by atoms with Crippen LogP contribution in [0.2, 0.25) is 0 Å². The highest BCUT2D eigenvalue weighted by atomic mass is 15.2. The second-order valence-corrected chi connectivity index (χ2v) is 13.8. The van der Waals surface area contributed by atoms with Crippen LogP contribution in [0.5, 0.6) is 0 Å². The van der Waals surface area contributed by atoms with Gasteiger partial charge in [0.15, 0.2) is 0 Å². The molecule has 0 saturated heterocycles. The fourth-order valence-electron chi connectivity index (χ4n) is 9.36. The molecule has 1 aliphatic carbocycles. The van der Waals surface area contributed by atoms with Crippen molar-refractivity contribution in [2.75, 3.05) is 14.7 Å². The molecule has 0 aromatic heterocycles. The molecule has 0 saturated carbocycles. The third-order valence-corrected chi connectivity index (χ3v) is 11.2. The lowest BCUT2D eigenvalue weighted by atomic mass is 9.28. The average Bonchev–Trinajstić information content (AvgIpc) is 3.14. The predicted octanol–water partition coefficient (Wildman–Crippen LogP) is 7.23. The summed E-state index contributed by atoms with van der Waals surface area (Å²) in [5, 5.41) is 0. The van der Waals surface area contributed by atoms with Gasteiger partial charge in [0.1, 0.15) is 0 Å². The molecule has 224 valence electrons. The number of hydrogen-bond acceptors (Lipinski definition) is 3. The van der Waals surface area contributed by atoms with E-state index in [0.717, 1.165) is 6.42 Å². The van der Waals surface area contributed by atoms with Crippen molar-refractivity contribution >= 4 is 86.2 Å². The topological polar surface area (TPSA) is 9.72 Å². The zero-order chi connectivity index (χ0) is 31.5. The van der Waals surface area contributed by atoms with E-state index in [9.17, 15) is 0 Å². The molecular formula is C43H31B2N3. The summed E-state index contributed by atoms with van der Waals surface area (Å²) in [7, 11) is 0. The molecule has 0 fully saturated rings. The Bertz CT molecular complexity index is 2380. The van der Waals surface area contributed by atoms with Gasteiger partial charge < -0.3 is 14.7 Å². The summed E-state index contributed by atoms with van der Waals surface area (Å²) >= 11 is 0. The van der Waals surface area contributed by atoms with Gasteiger partial charge in [0.05, 0.1) is 0 Å². The maximum Gasteiger partial charge on any atom is 0.252 e. The van der Waals surface area contributed by atoms with Crippen molar-refractivity contribution in [2.45, 2.75) is 13.3 Å². The molecule has 4 aliphatic heterocycles. The van der Waals surface area contributed by atoms with Gasteiger partial charge in [0.25, 0.3) is 6.71 Å². The van der Waals surface area contributed by atoms with E-state index in [0.29, 0.717) is 5.92 Å². The van der Waals surface area contributed by atoms with Gasteiger partial charge in [-0.2, -0.15) is 0 Å². The first-order valence-corrected chi connectivity index (χ1v) is 17.2. The standard InChI is InChI=1S/C43H31B2N3/c1-28-24-25-38-34(26-28)45-32-19-9-12-22-36(32)47(30-16-6-3-7-17-30)40-27-39-41-43(42(40)45)48(38)37-23-13-10-20-33(37)44(41)31-18-8-11-21-35(31)46(39)29-14-4-2-5-15-29/h2-25,27-28H,26H2,1H3. The Morgan fingerprint density at radius 1 is 0.500 bits per heavy atom. The van der Waals surface area contributed by atoms with Crippen LogP contribution in [0.15, 0.2) is 163 Å². The van der Waals surface area contributed by atoms with Crippen LogP contribution in [-0.4, -0.2) is 13.4 Å². The van der Waals surface area contributed by atoms with E-state index in [1.54, 1.807) is 0 Å². The van der Waals surface area contributed by atoms with E-state index in [1.807, 2.05) is 0 Å². The molecule has 5 aliphatic rings. The second kappa shape index (κ2) is 9.68. The minimum absolute atomic E-state index is 0.126. The Balaban J connectivity index is 1.34. The predicted molar refractivity (Wildman–Crippen MR) is 204 cm³/mol. The van der Waals surface area contributed by atoms with E-state index in [-0.39, 0.29) is 13.4 Å². The summed E-state index contributed by atoms with van der Waals surface area (Å²) in [5.74, 6) is 0.485. The maximum absolute atomic E-state index is 2.64. The van der Waals surface area contributed by atoms with Crippen molar-refractivity contribution in [2.24, 2.45) is 5.92 Å². The van der Waals surface area contributed by atoms with Crippen molar-refractivity contribution in [1.82, 2.24) is 0 Å². The van der Waals surface area contributed by atoms with E-state index in [4.69, 9.17) is 0 Å². The van der Waals surface area contributed by atoms with Crippen LogP contribution in [0.3, 0.4) is 0 Å². The molecule has 6 aromatic rings. The van der Waals surface area contributed by atoms with Gasteiger partial charge in [0, 0.05) is 51.2 Å². The number of hydrogen-bond donors (Lipinski definition) is 0. The van der Waals surface area contributed by atoms with Crippen molar-refractivity contribution in [3.8, 4) is 0 Å². The monoisotopic (exact) mass is 611 g/mol. The lowest BCUT2D eigenvalue weighted by Crippen LogP contribution is -2.66. The van der Waals surface area contributed by atoms with Gasteiger partial charge in [-0.3, -0.25) is 0 Å². The Labute approximate surface area is 282 Å². The van der Waals surface area contributed by atoms with Crippen LogP contribution < -0.4 is 42.0 Å². The number of rotatable bonds is 2. The molecule has 6 aromatic carbocycles. The number of anilines is 8. The number of nitrogens with zero attached hydrogens (tertiary/aromatic N) is 3. The van der Waals surface area contributed by atoms with Crippen molar-refractivity contribution in [3.63, 3.8) is 0 Å². The van der Waals surface area contributed by atoms with Crippen molar-refractivity contribution in [3.05, 3.63) is 163 Å². The van der Waals surface area contributed by atoms with Crippen LogP contribution in [-0.2, 0) is 0 Å². The van der Waals surface area contributed by atoms with Crippen LogP contribution in [0, 0.1) is 5.92 Å². The highest BCUT2D eigenvalue weighted by molar-refractivity contribution is 7.02. The Hall–Kier alpha value is -5.67. The molecule has 5 heteroatoms. The summed E-state index contributed by atoms with van der Waals surface area (Å²) in [6, 6.07) is 51.8. The molecule has 0 spiro atoms. The molecule has 1 unspecified atom stereocenters. The van der Waals surface area contributed by atoms with Crippen LogP contribution in [0.25, 0.3) is 0 Å². The third-order valence-electron chi connectivity index (χ3n) is 11.2. The molecule has 48 heavy (non-hydrogen) atoms. The van der Waals surface area contributed by atoms with Gasteiger partial charge in [-0.25, -0.2) is 0 Å². The SMILES string of the molecule is CC1C=CC2=C(C1)B1c3ccccc3N(c3ccccc3)c3cc4c5c(c31)N2c1ccccc1B5c1ccccc1N4c1ccccc1. The normalized spacial score (nSPS) is 17.4. The largest absolute Gasteiger partial charge is 0.313 e. The minimum Gasteiger partial charge on any atom is -0.313 e. The molecule has 0 bridgehead atoms. The molecule has 0 radical (unpaired) electrons. The van der Waals surface area contributed by atoms with E-state index in [2.05, 4.69) is 173 Å². The highest BCUT2D eigenvalue weighted by Gasteiger charge is 2.52. The summed E-state index contributed by atoms with van der Waals surface area (Å²) in [4.78, 5) is 7.69. The Kier molecular flexibility index (Phi) is 5.33. The van der Waals surface area contributed by atoms with Gasteiger partial charge in [-0.05, 0) is 94.3 Å². The number of benzene rings is 6. The second-order valence-electron chi connectivity index (χ2n) is 13.8. The zero-order valence-electron chi connectivity index (χ0n) is 26.7. The van der Waals surface area contributed by atoms with Gasteiger partial charge in [-0.15, -0.1) is 0 Å². The smallest absolute Gasteiger partial charge is 0.252 e. The average molecular weight is 611 g/mol. The van der Waals surface area contributed by atoms with Gasteiger partial charge in [0.2, 0.25) is 6.71 Å². The summed E-state index contributed by atoms with van der Waals surface area (Å²) in [6.45, 7) is 2.67. The zero-order valence-corrected chi connectivity index (χ0v) is 26.7. The summed E-state index contributed by atoms with van der Waals surface area (Å²) in [6.07, 6.45) is 5.90. The molecule has 11 rings (SSSR count). The highest BCUT2D eigenvalue weighted by Crippen LogP contribution is 2.50. The van der Waals surface area contributed by atoms with E-state index in [1.165, 1.54) is 84.0 Å². The maximum atomic E-state index is 2.64. The molecule has 0 amide bonds. The van der Waals surface area contributed by atoms with Crippen LogP contribution in [0.1, 0.15) is 13.3 Å². The molecular weight excluding hydrogens is 580 g/mol. The third kappa shape index (κ3) is 3.36. The van der Waals surface area contributed by atoms with E-state index >= 15 is 0 Å². The fraction of sp³-hybridized carbons (Fsp3) is 0.0698. The first kappa shape index (κ1) is 26.4. The summed E-state index contributed by atoms with van der Waals surface area (Å²) in [5.41, 5.74) is 19.9. The molecule has 3 nitrogen and oxygen atoms in total. The number of para-hydroxylation sites is 5.